The average Bonchev–Trinajstić information content (AvgIpc) is 2.42. The summed E-state index contributed by atoms with van der Waals surface area (Å²) in [5.74, 6) is -0.168. The van der Waals surface area contributed by atoms with Crippen molar-refractivity contribution in [2.24, 2.45) is 0 Å². The maximum absolute atomic E-state index is 13.4. The SMILES string of the molecule is CC(Oc1cc(CNC(=O)NC23CC(F)(C2)C3)ccn1)C(F)(F)F. The van der Waals surface area contributed by atoms with Crippen molar-refractivity contribution in [3.8, 4) is 5.88 Å². The molecule has 0 spiro atoms. The molecule has 4 rings (SSSR count). The molecule has 0 saturated heterocycles. The highest BCUT2D eigenvalue weighted by Crippen LogP contribution is 2.62. The van der Waals surface area contributed by atoms with E-state index in [1.54, 1.807) is 6.07 Å². The highest BCUT2D eigenvalue weighted by molar-refractivity contribution is 5.75. The van der Waals surface area contributed by atoms with Gasteiger partial charge in [-0.3, -0.25) is 0 Å². The summed E-state index contributed by atoms with van der Waals surface area (Å²) in [6.45, 7) is 0.990. The third-order valence-electron chi connectivity index (χ3n) is 4.36. The molecule has 132 valence electrons. The smallest absolute Gasteiger partial charge is 0.425 e. The Hall–Kier alpha value is -2.06. The fourth-order valence-electron chi connectivity index (χ4n) is 3.14. The van der Waals surface area contributed by atoms with Crippen LogP contribution >= 0.6 is 0 Å². The lowest BCUT2D eigenvalue weighted by Crippen LogP contribution is -2.77. The van der Waals surface area contributed by atoms with Gasteiger partial charge in [-0.2, -0.15) is 13.2 Å². The molecule has 2 N–H and O–H groups in total. The number of alkyl halides is 4. The molecule has 9 heteroatoms. The summed E-state index contributed by atoms with van der Waals surface area (Å²) in [6, 6.07) is 2.46. The van der Waals surface area contributed by atoms with Crippen molar-refractivity contribution in [3.63, 3.8) is 0 Å². The Labute approximate surface area is 135 Å². The molecular weight excluding hydrogens is 330 g/mol. The molecule has 3 saturated carbocycles. The molecule has 0 aromatic carbocycles. The Morgan fingerprint density at radius 3 is 2.67 bits per heavy atom. The maximum atomic E-state index is 13.4. The summed E-state index contributed by atoms with van der Waals surface area (Å²) in [5.41, 5.74) is -0.975. The summed E-state index contributed by atoms with van der Waals surface area (Å²) < 4.78 is 55.5. The van der Waals surface area contributed by atoms with Crippen LogP contribution in [0.1, 0.15) is 31.7 Å². The van der Waals surface area contributed by atoms with Gasteiger partial charge in [-0.05, 0) is 18.6 Å². The summed E-state index contributed by atoms with van der Waals surface area (Å²) in [7, 11) is 0. The van der Waals surface area contributed by atoms with Gasteiger partial charge in [0.05, 0.1) is 5.54 Å². The van der Waals surface area contributed by atoms with Crippen LogP contribution < -0.4 is 15.4 Å². The molecule has 1 heterocycles. The minimum atomic E-state index is -4.48. The number of halogens is 4. The van der Waals surface area contributed by atoms with Gasteiger partial charge in [0.2, 0.25) is 5.88 Å². The zero-order valence-corrected chi connectivity index (χ0v) is 12.9. The van der Waals surface area contributed by atoms with Gasteiger partial charge in [0.25, 0.3) is 0 Å². The van der Waals surface area contributed by atoms with Crippen LogP contribution in [-0.2, 0) is 6.54 Å². The number of rotatable bonds is 5. The zero-order valence-electron chi connectivity index (χ0n) is 12.9. The summed E-state index contributed by atoms with van der Waals surface area (Å²) in [4.78, 5) is 15.5. The van der Waals surface area contributed by atoms with E-state index < -0.39 is 29.5 Å². The molecule has 3 fully saturated rings. The van der Waals surface area contributed by atoms with Gasteiger partial charge in [-0.25, -0.2) is 14.2 Å². The number of carbonyl (C=O) groups is 1. The second-order valence-electron chi connectivity index (χ2n) is 6.57. The van der Waals surface area contributed by atoms with Gasteiger partial charge in [0, 0.05) is 38.1 Å². The number of pyridine rings is 1. The third-order valence-corrected chi connectivity index (χ3v) is 4.36. The zero-order chi connectivity index (χ0) is 17.6. The first-order valence-electron chi connectivity index (χ1n) is 7.53. The number of nitrogens with zero attached hydrogens (tertiary/aromatic N) is 1. The lowest BCUT2D eigenvalue weighted by Gasteiger charge is -2.65. The molecule has 24 heavy (non-hydrogen) atoms. The van der Waals surface area contributed by atoms with E-state index in [4.69, 9.17) is 4.74 Å². The van der Waals surface area contributed by atoms with Crippen LogP contribution in [0.3, 0.4) is 0 Å². The van der Waals surface area contributed by atoms with E-state index in [9.17, 15) is 22.4 Å². The first-order valence-corrected chi connectivity index (χ1v) is 7.53. The number of ether oxygens (including phenoxy) is 1. The second kappa shape index (κ2) is 5.49. The lowest BCUT2D eigenvalue weighted by molar-refractivity contribution is -0.190. The van der Waals surface area contributed by atoms with Crippen LogP contribution in [0.15, 0.2) is 18.3 Å². The van der Waals surface area contributed by atoms with E-state index in [2.05, 4.69) is 15.6 Å². The van der Waals surface area contributed by atoms with Gasteiger partial charge < -0.3 is 15.4 Å². The van der Waals surface area contributed by atoms with Gasteiger partial charge >= 0.3 is 12.2 Å². The highest BCUT2D eigenvalue weighted by Gasteiger charge is 2.69. The lowest BCUT2D eigenvalue weighted by atomic mass is 9.47. The topological polar surface area (TPSA) is 63.2 Å². The van der Waals surface area contributed by atoms with E-state index in [1.807, 2.05) is 0 Å². The largest absolute Gasteiger partial charge is 0.465 e. The van der Waals surface area contributed by atoms with E-state index in [0.717, 1.165) is 6.92 Å². The van der Waals surface area contributed by atoms with Crippen molar-refractivity contribution in [1.82, 2.24) is 15.6 Å². The number of aromatic nitrogens is 1. The van der Waals surface area contributed by atoms with Gasteiger partial charge in [0.1, 0.15) is 5.67 Å². The summed E-state index contributed by atoms with van der Waals surface area (Å²) in [6.07, 6.45) is -4.12. The average molecular weight is 347 g/mol. The predicted molar refractivity (Wildman–Crippen MR) is 76.2 cm³/mol. The van der Waals surface area contributed by atoms with Gasteiger partial charge in [0.15, 0.2) is 6.10 Å². The summed E-state index contributed by atoms with van der Waals surface area (Å²) >= 11 is 0. The van der Waals surface area contributed by atoms with Crippen molar-refractivity contribution in [2.45, 2.75) is 56.2 Å². The van der Waals surface area contributed by atoms with Crippen molar-refractivity contribution < 1.29 is 27.1 Å². The minimum Gasteiger partial charge on any atom is -0.465 e. The van der Waals surface area contributed by atoms with Crippen molar-refractivity contribution in [1.29, 1.82) is 0 Å². The third kappa shape index (κ3) is 3.39. The Morgan fingerprint density at radius 1 is 1.42 bits per heavy atom. The van der Waals surface area contributed by atoms with Gasteiger partial charge in [-0.15, -0.1) is 0 Å². The first kappa shape index (κ1) is 16.8. The molecule has 2 bridgehead atoms. The van der Waals surface area contributed by atoms with Crippen LogP contribution in [0, 0.1) is 0 Å². The number of hydrogen-bond donors (Lipinski definition) is 2. The predicted octanol–water partition coefficient (Wildman–Crippen LogP) is 2.86. The molecule has 3 aliphatic rings. The van der Waals surface area contributed by atoms with Crippen LogP contribution in [-0.4, -0.2) is 34.5 Å². The van der Waals surface area contributed by atoms with Crippen LogP contribution in [0.5, 0.6) is 5.88 Å². The molecule has 5 nitrogen and oxygen atoms in total. The summed E-state index contributed by atoms with van der Waals surface area (Å²) in [5, 5.41) is 5.33. The number of amides is 2. The molecule has 0 radical (unpaired) electrons. The Kier molecular flexibility index (Phi) is 3.84. The standard InChI is InChI=1S/C15H17F4N3O2/c1-9(15(17,18)19)24-11-4-10(2-3-20-11)5-21-12(23)22-14-6-13(16,7-14)8-14/h2-4,9H,5-8H2,1H3,(H2,21,22,23). The molecule has 1 aromatic heterocycles. The molecule has 2 amide bonds. The quantitative estimate of drug-likeness (QED) is 0.805. The van der Waals surface area contributed by atoms with E-state index in [1.165, 1.54) is 12.3 Å². The van der Waals surface area contributed by atoms with Crippen LogP contribution in [0.2, 0.25) is 0 Å². The van der Waals surface area contributed by atoms with Crippen molar-refractivity contribution >= 4 is 6.03 Å². The number of nitrogens with one attached hydrogen (secondary N) is 2. The van der Waals surface area contributed by atoms with Crippen molar-refractivity contribution in [2.75, 3.05) is 0 Å². The van der Waals surface area contributed by atoms with E-state index in [-0.39, 0.29) is 12.4 Å². The molecule has 3 aliphatic carbocycles. The first-order chi connectivity index (χ1) is 11.1. The van der Waals surface area contributed by atoms with E-state index >= 15 is 0 Å². The molecular formula is C15H17F4N3O2. The monoisotopic (exact) mass is 347 g/mol. The molecule has 0 aliphatic heterocycles. The van der Waals surface area contributed by atoms with Crippen molar-refractivity contribution in [3.05, 3.63) is 23.9 Å². The number of carbonyl (C=O) groups excluding carboxylic acids is 1. The minimum absolute atomic E-state index is 0.0992. The fourth-order valence-corrected chi connectivity index (χ4v) is 3.14. The van der Waals surface area contributed by atoms with E-state index in [0.29, 0.717) is 24.8 Å². The molecule has 1 aromatic rings. The Morgan fingerprint density at radius 2 is 2.08 bits per heavy atom. The van der Waals surface area contributed by atoms with Gasteiger partial charge in [-0.1, -0.05) is 0 Å². The Balaban J connectivity index is 1.49. The second-order valence-corrected chi connectivity index (χ2v) is 6.57. The number of urea groups is 1. The normalized spacial score (nSPS) is 29.0. The number of hydrogen-bond acceptors (Lipinski definition) is 3. The maximum Gasteiger partial charge on any atom is 0.425 e. The fraction of sp³-hybridized carbons (Fsp3) is 0.600. The highest BCUT2D eigenvalue weighted by atomic mass is 19.4. The Bertz CT molecular complexity index is 630. The van der Waals surface area contributed by atoms with Crippen LogP contribution in [0.4, 0.5) is 22.4 Å². The molecule has 1 unspecified atom stereocenters. The van der Waals surface area contributed by atoms with Crippen LogP contribution in [0.25, 0.3) is 0 Å². The molecule has 1 atom stereocenters.